The summed E-state index contributed by atoms with van der Waals surface area (Å²) in [6.45, 7) is 7.92. The van der Waals surface area contributed by atoms with Gasteiger partial charge < -0.3 is 20.7 Å². The molecule has 2 fully saturated rings. The van der Waals surface area contributed by atoms with Crippen LogP contribution in [0.3, 0.4) is 0 Å². The molecule has 0 radical (unpaired) electrons. The molecule has 3 N–H and O–H groups in total. The SMILES string of the molecule is CC(C)(C)OC(=O)N1CCC(CN=C(N)NC2CCCCC2)CC1.I. The molecule has 146 valence electrons. The number of aliphatic imine (C=N–C) groups is 1. The van der Waals surface area contributed by atoms with Gasteiger partial charge in [-0.05, 0) is 52.4 Å². The smallest absolute Gasteiger partial charge is 0.410 e. The molecule has 0 unspecified atom stereocenters. The van der Waals surface area contributed by atoms with Gasteiger partial charge >= 0.3 is 6.09 Å². The molecule has 1 saturated heterocycles. The molecule has 1 aliphatic carbocycles. The van der Waals surface area contributed by atoms with E-state index in [0.717, 1.165) is 32.5 Å². The Hall–Kier alpha value is -0.730. The lowest BCUT2D eigenvalue weighted by molar-refractivity contribution is 0.0187. The zero-order valence-corrected chi connectivity index (χ0v) is 18.3. The van der Waals surface area contributed by atoms with E-state index in [0.29, 0.717) is 17.9 Å². The Bertz CT molecular complexity index is 437. The van der Waals surface area contributed by atoms with Crippen molar-refractivity contribution in [2.24, 2.45) is 16.6 Å². The maximum absolute atomic E-state index is 12.1. The fraction of sp³-hybridized carbons (Fsp3) is 0.889. The molecule has 7 heteroatoms. The van der Waals surface area contributed by atoms with E-state index in [2.05, 4.69) is 10.3 Å². The normalized spacial score (nSPS) is 20.8. The first-order chi connectivity index (χ1) is 11.3. The van der Waals surface area contributed by atoms with Gasteiger partial charge in [0.05, 0.1) is 0 Å². The van der Waals surface area contributed by atoms with E-state index >= 15 is 0 Å². The Morgan fingerprint density at radius 2 is 1.76 bits per heavy atom. The minimum Gasteiger partial charge on any atom is -0.444 e. The van der Waals surface area contributed by atoms with E-state index in [4.69, 9.17) is 10.5 Å². The van der Waals surface area contributed by atoms with Crippen molar-refractivity contribution >= 4 is 36.0 Å². The lowest BCUT2D eigenvalue weighted by Crippen LogP contribution is -2.43. The standard InChI is InChI=1S/C18H34N4O2.HI/c1-18(2,3)24-17(23)22-11-9-14(10-12-22)13-20-16(19)21-15-7-5-4-6-8-15;/h14-15H,4-13H2,1-3H3,(H3,19,20,21);1H. The van der Waals surface area contributed by atoms with Crippen molar-refractivity contribution < 1.29 is 9.53 Å². The number of carbonyl (C=O) groups excluding carboxylic acids is 1. The third kappa shape index (κ3) is 8.46. The van der Waals surface area contributed by atoms with Crippen molar-refractivity contribution in [2.45, 2.75) is 77.4 Å². The predicted octanol–water partition coefficient (Wildman–Crippen LogP) is 3.49. The molecule has 1 amide bonds. The van der Waals surface area contributed by atoms with E-state index in [9.17, 15) is 4.79 Å². The van der Waals surface area contributed by atoms with Gasteiger partial charge in [0.15, 0.2) is 5.96 Å². The number of carbonyl (C=O) groups is 1. The summed E-state index contributed by atoms with van der Waals surface area (Å²) in [5.41, 5.74) is 5.59. The van der Waals surface area contributed by atoms with Crippen molar-refractivity contribution in [1.29, 1.82) is 0 Å². The zero-order valence-electron chi connectivity index (χ0n) is 15.9. The topological polar surface area (TPSA) is 80.0 Å². The summed E-state index contributed by atoms with van der Waals surface area (Å²) in [5, 5.41) is 3.35. The van der Waals surface area contributed by atoms with E-state index in [1.165, 1.54) is 32.1 Å². The second-order valence-corrected chi connectivity index (χ2v) is 8.12. The summed E-state index contributed by atoms with van der Waals surface area (Å²) in [6.07, 6.45) is 8.02. The van der Waals surface area contributed by atoms with Gasteiger partial charge in [0.2, 0.25) is 0 Å². The maximum Gasteiger partial charge on any atom is 0.410 e. The molecule has 0 spiro atoms. The highest BCUT2D eigenvalue weighted by Crippen LogP contribution is 2.20. The number of likely N-dealkylation sites (tertiary alicyclic amines) is 1. The van der Waals surface area contributed by atoms with Crippen LogP contribution in [0.2, 0.25) is 0 Å². The minimum atomic E-state index is -0.433. The van der Waals surface area contributed by atoms with Crippen LogP contribution < -0.4 is 11.1 Å². The van der Waals surface area contributed by atoms with Crippen LogP contribution in [-0.2, 0) is 4.74 Å². The van der Waals surface area contributed by atoms with Gasteiger partial charge in [0.1, 0.15) is 5.60 Å². The van der Waals surface area contributed by atoms with Crippen LogP contribution in [0.5, 0.6) is 0 Å². The van der Waals surface area contributed by atoms with Crippen molar-refractivity contribution in [1.82, 2.24) is 10.2 Å². The average Bonchev–Trinajstić information content (AvgIpc) is 2.53. The number of amides is 1. The number of halogens is 1. The van der Waals surface area contributed by atoms with Crippen LogP contribution in [0.1, 0.15) is 65.7 Å². The van der Waals surface area contributed by atoms with Crippen molar-refractivity contribution in [3.05, 3.63) is 0 Å². The van der Waals surface area contributed by atoms with Gasteiger partial charge in [-0.1, -0.05) is 19.3 Å². The highest BCUT2D eigenvalue weighted by atomic mass is 127. The van der Waals surface area contributed by atoms with E-state index in [1.807, 2.05) is 20.8 Å². The Morgan fingerprint density at radius 3 is 2.32 bits per heavy atom. The van der Waals surface area contributed by atoms with Gasteiger partial charge in [-0.2, -0.15) is 0 Å². The third-order valence-electron chi connectivity index (χ3n) is 4.74. The highest BCUT2D eigenvalue weighted by molar-refractivity contribution is 14.0. The van der Waals surface area contributed by atoms with Gasteiger partial charge in [-0.3, -0.25) is 4.99 Å². The van der Waals surface area contributed by atoms with Crippen LogP contribution in [0, 0.1) is 5.92 Å². The largest absolute Gasteiger partial charge is 0.444 e. The Kier molecular flexibility index (Phi) is 9.30. The Morgan fingerprint density at radius 1 is 1.16 bits per heavy atom. The van der Waals surface area contributed by atoms with Gasteiger partial charge in [-0.25, -0.2) is 4.79 Å². The first kappa shape index (κ1) is 22.3. The summed E-state index contributed by atoms with van der Waals surface area (Å²) >= 11 is 0. The van der Waals surface area contributed by atoms with Crippen molar-refractivity contribution in [2.75, 3.05) is 19.6 Å². The van der Waals surface area contributed by atoms with Crippen LogP contribution in [0.4, 0.5) is 4.79 Å². The zero-order chi connectivity index (χ0) is 17.6. The van der Waals surface area contributed by atoms with Crippen LogP contribution in [0.15, 0.2) is 4.99 Å². The van der Waals surface area contributed by atoms with Crippen molar-refractivity contribution in [3.63, 3.8) is 0 Å². The number of rotatable bonds is 3. The number of nitrogens with one attached hydrogen (secondary N) is 1. The average molecular weight is 466 g/mol. The third-order valence-corrected chi connectivity index (χ3v) is 4.74. The van der Waals surface area contributed by atoms with E-state index in [-0.39, 0.29) is 30.1 Å². The molecule has 0 aromatic carbocycles. The Labute approximate surface area is 169 Å². The Balaban J connectivity index is 0.00000312. The number of guanidine groups is 1. The maximum atomic E-state index is 12.1. The lowest BCUT2D eigenvalue weighted by atomic mass is 9.96. The molecule has 0 aromatic heterocycles. The number of nitrogens with zero attached hydrogens (tertiary/aromatic N) is 2. The van der Waals surface area contributed by atoms with Gasteiger partial charge in [-0.15, -0.1) is 24.0 Å². The summed E-state index contributed by atoms with van der Waals surface area (Å²) in [5.74, 6) is 1.08. The molecule has 0 atom stereocenters. The number of piperidine rings is 1. The van der Waals surface area contributed by atoms with Gasteiger partial charge in [0.25, 0.3) is 0 Å². The van der Waals surface area contributed by atoms with Crippen LogP contribution >= 0.6 is 24.0 Å². The highest BCUT2D eigenvalue weighted by Gasteiger charge is 2.26. The van der Waals surface area contributed by atoms with Gasteiger partial charge in [0, 0.05) is 25.7 Å². The number of hydrogen-bond acceptors (Lipinski definition) is 3. The molecular formula is C18H35IN4O2. The number of hydrogen-bond donors (Lipinski definition) is 2. The molecule has 2 aliphatic rings. The monoisotopic (exact) mass is 466 g/mol. The summed E-state index contributed by atoms with van der Waals surface area (Å²) < 4.78 is 5.42. The molecule has 1 saturated carbocycles. The van der Waals surface area contributed by atoms with E-state index in [1.54, 1.807) is 4.90 Å². The van der Waals surface area contributed by atoms with Crippen LogP contribution in [0.25, 0.3) is 0 Å². The second-order valence-electron chi connectivity index (χ2n) is 8.12. The predicted molar refractivity (Wildman–Crippen MR) is 112 cm³/mol. The molecule has 0 bridgehead atoms. The molecule has 2 rings (SSSR count). The molecule has 1 aliphatic heterocycles. The minimum absolute atomic E-state index is 0. The summed E-state index contributed by atoms with van der Waals surface area (Å²) in [4.78, 5) is 18.4. The van der Waals surface area contributed by atoms with E-state index < -0.39 is 5.60 Å². The molecule has 0 aromatic rings. The fourth-order valence-corrected chi connectivity index (χ4v) is 3.35. The summed E-state index contributed by atoms with van der Waals surface area (Å²) in [7, 11) is 0. The summed E-state index contributed by atoms with van der Waals surface area (Å²) in [6, 6.07) is 0.497. The first-order valence-electron chi connectivity index (χ1n) is 9.38. The van der Waals surface area contributed by atoms with Crippen molar-refractivity contribution in [3.8, 4) is 0 Å². The van der Waals surface area contributed by atoms with Crippen LogP contribution in [-0.4, -0.2) is 48.2 Å². The molecule has 6 nitrogen and oxygen atoms in total. The number of nitrogens with two attached hydrogens (primary N) is 1. The molecular weight excluding hydrogens is 431 g/mol. The number of ether oxygens (including phenoxy) is 1. The quantitative estimate of drug-likeness (QED) is 0.379. The molecule has 25 heavy (non-hydrogen) atoms. The lowest BCUT2D eigenvalue weighted by Gasteiger charge is -2.33. The first-order valence-corrected chi connectivity index (χ1v) is 9.38. The molecule has 1 heterocycles. The second kappa shape index (κ2) is 10.4. The fourth-order valence-electron chi connectivity index (χ4n) is 3.35.